The predicted molar refractivity (Wildman–Crippen MR) is 118 cm³/mol. The average molecular weight is 437 g/mol. The maximum Gasteiger partial charge on any atom is 0.243 e. The van der Waals surface area contributed by atoms with Gasteiger partial charge in [0.25, 0.3) is 0 Å². The smallest absolute Gasteiger partial charge is 0.243 e. The van der Waals surface area contributed by atoms with Crippen molar-refractivity contribution in [3.05, 3.63) is 81.6 Å². The summed E-state index contributed by atoms with van der Waals surface area (Å²) in [5.74, 6) is 2.40. The Kier molecular flexibility index (Phi) is 4.82. The van der Waals surface area contributed by atoms with Gasteiger partial charge >= 0.3 is 0 Å². The number of benzene rings is 2. The summed E-state index contributed by atoms with van der Waals surface area (Å²) in [6, 6.07) is 13.4. The first kappa shape index (κ1) is 19.5. The molecule has 0 spiro atoms. The molecule has 158 valence electrons. The van der Waals surface area contributed by atoms with Crippen molar-refractivity contribution < 1.29 is 14.2 Å². The van der Waals surface area contributed by atoms with Crippen molar-refractivity contribution >= 4 is 23.2 Å². The highest BCUT2D eigenvalue weighted by molar-refractivity contribution is 6.31. The number of halogens is 1. The molecular weight excluding hydrogens is 416 g/mol. The van der Waals surface area contributed by atoms with E-state index in [0.29, 0.717) is 41.3 Å². The number of aryl methyl sites for hydroxylation is 1. The summed E-state index contributed by atoms with van der Waals surface area (Å²) in [5, 5.41) is 0.673. The minimum atomic E-state index is -0.211. The molecule has 1 unspecified atom stereocenters. The molecule has 3 N–H and O–H groups in total. The number of imidazole rings is 1. The third-order valence-electron chi connectivity index (χ3n) is 5.26. The van der Waals surface area contributed by atoms with E-state index in [0.717, 1.165) is 28.3 Å². The molecule has 0 amide bonds. The van der Waals surface area contributed by atoms with Gasteiger partial charge in [-0.3, -0.25) is 0 Å². The molecular formula is C23H21ClN4O3. The molecule has 1 aromatic heterocycles. The van der Waals surface area contributed by atoms with Crippen molar-refractivity contribution in [3.8, 4) is 11.6 Å². The number of ether oxygens (including phenoxy) is 3. The first-order valence-electron chi connectivity index (χ1n) is 10.0. The molecule has 3 aromatic rings. The maximum atomic E-state index is 6.25. The molecule has 0 saturated carbocycles. The lowest BCUT2D eigenvalue weighted by molar-refractivity contribution is 0.305. The van der Waals surface area contributed by atoms with Gasteiger partial charge in [0.1, 0.15) is 18.2 Å². The van der Waals surface area contributed by atoms with Crippen LogP contribution in [-0.2, 0) is 11.3 Å². The summed E-state index contributed by atoms with van der Waals surface area (Å²) < 4.78 is 17.6. The summed E-state index contributed by atoms with van der Waals surface area (Å²) in [4.78, 5) is 12.4. The van der Waals surface area contributed by atoms with Gasteiger partial charge < -0.3 is 24.9 Å². The number of nitrogens with zero attached hydrogens (tertiary/aromatic N) is 2. The number of nitrogens with two attached hydrogens (primary N) is 1. The van der Waals surface area contributed by atoms with Gasteiger partial charge in [-0.15, -0.1) is 0 Å². The highest BCUT2D eigenvalue weighted by Gasteiger charge is 2.40. The Labute approximate surface area is 184 Å². The summed E-state index contributed by atoms with van der Waals surface area (Å²) in [5.41, 5.74) is 10.4. The van der Waals surface area contributed by atoms with E-state index in [1.165, 1.54) is 0 Å². The summed E-state index contributed by atoms with van der Waals surface area (Å²) in [6.07, 6.45) is 0. The van der Waals surface area contributed by atoms with E-state index in [4.69, 9.17) is 36.5 Å². The normalized spacial score (nSPS) is 16.6. The van der Waals surface area contributed by atoms with E-state index in [1.807, 2.05) is 56.3 Å². The standard InChI is InChI=1S/C23H21ClN4O3/c1-3-29-22-19-18(20-23(31-21(19)25)27-12(2)26-20)15-9-8-14(10-17(15)28-22)30-11-13-6-4-5-7-16(13)24/h4-10,18H,3,11,25H2,1-2H3,(H,26,27). The van der Waals surface area contributed by atoms with Gasteiger partial charge in [-0.05, 0) is 31.5 Å². The van der Waals surface area contributed by atoms with E-state index < -0.39 is 0 Å². The highest BCUT2D eigenvalue weighted by Crippen LogP contribution is 2.48. The molecule has 31 heavy (non-hydrogen) atoms. The van der Waals surface area contributed by atoms with Crippen molar-refractivity contribution in [1.82, 2.24) is 9.97 Å². The Bertz CT molecular complexity index is 1230. The van der Waals surface area contributed by atoms with Gasteiger partial charge in [0, 0.05) is 16.7 Å². The van der Waals surface area contributed by atoms with Crippen LogP contribution in [0.3, 0.4) is 0 Å². The van der Waals surface area contributed by atoms with Crippen LogP contribution in [0.1, 0.15) is 35.5 Å². The van der Waals surface area contributed by atoms with Crippen molar-refractivity contribution in [2.75, 3.05) is 6.61 Å². The minimum absolute atomic E-state index is 0.211. The second-order valence-corrected chi connectivity index (χ2v) is 7.71. The van der Waals surface area contributed by atoms with Crippen LogP contribution in [0.5, 0.6) is 11.6 Å². The van der Waals surface area contributed by atoms with E-state index >= 15 is 0 Å². The zero-order valence-corrected chi connectivity index (χ0v) is 17.9. The number of aromatic nitrogens is 2. The topological polar surface area (TPSA) is 94.8 Å². The lowest BCUT2D eigenvalue weighted by Gasteiger charge is -2.31. The number of aromatic amines is 1. The first-order valence-corrected chi connectivity index (χ1v) is 10.4. The van der Waals surface area contributed by atoms with Crippen LogP contribution in [0, 0.1) is 6.92 Å². The molecule has 1 atom stereocenters. The zero-order valence-electron chi connectivity index (χ0n) is 17.1. The molecule has 5 rings (SSSR count). The summed E-state index contributed by atoms with van der Waals surface area (Å²) in [7, 11) is 0. The number of aliphatic imine (C=N–C) groups is 1. The minimum Gasteiger partial charge on any atom is -0.489 e. The molecule has 0 bridgehead atoms. The zero-order chi connectivity index (χ0) is 21.5. The van der Waals surface area contributed by atoms with Crippen LogP contribution in [-0.4, -0.2) is 22.5 Å². The molecule has 2 aliphatic heterocycles. The van der Waals surface area contributed by atoms with Gasteiger partial charge in [0.15, 0.2) is 0 Å². The monoisotopic (exact) mass is 436 g/mol. The molecule has 2 aliphatic rings. The number of fused-ring (bicyclic) bond motifs is 5. The summed E-state index contributed by atoms with van der Waals surface area (Å²) >= 11 is 6.24. The van der Waals surface area contributed by atoms with Crippen molar-refractivity contribution in [2.24, 2.45) is 10.7 Å². The van der Waals surface area contributed by atoms with Gasteiger partial charge in [-0.25, -0.2) is 4.99 Å². The predicted octanol–water partition coefficient (Wildman–Crippen LogP) is 4.73. The quantitative estimate of drug-likeness (QED) is 0.616. The molecule has 2 aromatic carbocycles. The molecule has 7 nitrogen and oxygen atoms in total. The first-order chi connectivity index (χ1) is 15.0. The number of nitrogens with one attached hydrogen (secondary N) is 1. The fourth-order valence-electron chi connectivity index (χ4n) is 3.90. The average Bonchev–Trinajstić information content (AvgIpc) is 3.12. The van der Waals surface area contributed by atoms with Crippen LogP contribution in [0.15, 0.2) is 58.9 Å². The molecule has 0 saturated heterocycles. The Hall–Kier alpha value is -3.45. The van der Waals surface area contributed by atoms with Gasteiger partial charge in [0.05, 0.1) is 29.5 Å². The number of H-pyrrole nitrogens is 1. The SMILES string of the molecule is CCOC1=Nc2cc(OCc3ccccc3Cl)ccc2C2C1=C(N)Oc1nc(C)[nH]c12. The van der Waals surface area contributed by atoms with Gasteiger partial charge in [-0.1, -0.05) is 35.9 Å². The Morgan fingerprint density at radius 3 is 2.84 bits per heavy atom. The third kappa shape index (κ3) is 3.41. The van der Waals surface area contributed by atoms with Crippen LogP contribution in [0.2, 0.25) is 5.02 Å². The molecule has 3 heterocycles. The molecule has 0 radical (unpaired) electrons. The fraction of sp³-hybridized carbons (Fsp3) is 0.217. The Morgan fingerprint density at radius 1 is 1.19 bits per heavy atom. The van der Waals surface area contributed by atoms with Crippen LogP contribution < -0.4 is 15.2 Å². The second kappa shape index (κ2) is 7.67. The van der Waals surface area contributed by atoms with E-state index in [2.05, 4.69) is 9.97 Å². The van der Waals surface area contributed by atoms with Crippen molar-refractivity contribution in [3.63, 3.8) is 0 Å². The van der Waals surface area contributed by atoms with Gasteiger partial charge in [-0.2, -0.15) is 4.98 Å². The number of hydrogen-bond acceptors (Lipinski definition) is 6. The molecule has 8 heteroatoms. The largest absolute Gasteiger partial charge is 0.489 e. The maximum absolute atomic E-state index is 6.25. The fourth-order valence-corrected chi connectivity index (χ4v) is 4.09. The van der Waals surface area contributed by atoms with Crippen molar-refractivity contribution in [2.45, 2.75) is 26.4 Å². The van der Waals surface area contributed by atoms with Crippen LogP contribution >= 0.6 is 11.6 Å². The Balaban J connectivity index is 1.54. The third-order valence-corrected chi connectivity index (χ3v) is 5.63. The Morgan fingerprint density at radius 2 is 2.03 bits per heavy atom. The van der Waals surface area contributed by atoms with Gasteiger partial charge in [0.2, 0.25) is 17.7 Å². The summed E-state index contributed by atoms with van der Waals surface area (Å²) in [6.45, 7) is 4.60. The van der Waals surface area contributed by atoms with Crippen LogP contribution in [0.4, 0.5) is 5.69 Å². The highest BCUT2D eigenvalue weighted by atomic mass is 35.5. The van der Waals surface area contributed by atoms with E-state index in [-0.39, 0.29) is 11.8 Å². The number of rotatable bonds is 4. The lowest BCUT2D eigenvalue weighted by atomic mass is 9.84. The molecule has 0 fully saturated rings. The van der Waals surface area contributed by atoms with Crippen LogP contribution in [0.25, 0.3) is 0 Å². The van der Waals surface area contributed by atoms with Crippen molar-refractivity contribution in [1.29, 1.82) is 0 Å². The lowest BCUT2D eigenvalue weighted by Crippen LogP contribution is -2.29. The van der Waals surface area contributed by atoms with E-state index in [9.17, 15) is 0 Å². The molecule has 0 aliphatic carbocycles. The second-order valence-electron chi connectivity index (χ2n) is 7.30. The van der Waals surface area contributed by atoms with E-state index in [1.54, 1.807) is 0 Å². The number of hydrogen-bond donors (Lipinski definition) is 2.